The predicted octanol–water partition coefficient (Wildman–Crippen LogP) is 2.41. The van der Waals surface area contributed by atoms with Crippen LogP contribution >= 0.6 is 35.3 Å². The summed E-state index contributed by atoms with van der Waals surface area (Å²) in [7, 11) is -3.45. The molecule has 1 saturated heterocycles. The second kappa shape index (κ2) is 6.74. The number of hydrogen-bond donors (Lipinski definition) is 2. The summed E-state index contributed by atoms with van der Waals surface area (Å²) < 4.78 is 28.0. The van der Waals surface area contributed by atoms with Crippen molar-refractivity contribution in [3.63, 3.8) is 0 Å². The third-order valence-corrected chi connectivity index (χ3v) is 6.75. The summed E-state index contributed by atoms with van der Waals surface area (Å²) in [6, 6.07) is 1.57. The molecule has 2 N–H and O–H groups in total. The molecular formula is C11H18Cl2N2O2S2. The Hall–Kier alpha value is 0.150. The van der Waals surface area contributed by atoms with Gasteiger partial charge in [-0.05, 0) is 37.4 Å². The van der Waals surface area contributed by atoms with Crippen LogP contribution in [0.2, 0.25) is 4.34 Å². The Morgan fingerprint density at radius 3 is 2.74 bits per heavy atom. The van der Waals surface area contributed by atoms with Crippen LogP contribution in [0, 0.1) is 12.8 Å². The van der Waals surface area contributed by atoms with E-state index in [-0.39, 0.29) is 18.4 Å². The van der Waals surface area contributed by atoms with Crippen LogP contribution in [0.5, 0.6) is 0 Å². The van der Waals surface area contributed by atoms with Crippen molar-refractivity contribution in [2.45, 2.75) is 30.5 Å². The average molecular weight is 345 g/mol. The lowest BCUT2D eigenvalue weighted by Gasteiger charge is -2.29. The summed E-state index contributed by atoms with van der Waals surface area (Å²) in [6.45, 7) is 5.51. The fraction of sp³-hybridized carbons (Fsp3) is 0.636. The zero-order valence-electron chi connectivity index (χ0n) is 10.8. The summed E-state index contributed by atoms with van der Waals surface area (Å²) in [5.74, 6) is 0.345. The summed E-state index contributed by atoms with van der Waals surface area (Å²) in [6.07, 6.45) is 0.984. The van der Waals surface area contributed by atoms with Gasteiger partial charge in [0.05, 0.1) is 4.34 Å². The van der Waals surface area contributed by atoms with Crippen LogP contribution in [0.15, 0.2) is 10.3 Å². The van der Waals surface area contributed by atoms with Gasteiger partial charge in [-0.15, -0.1) is 23.7 Å². The van der Waals surface area contributed by atoms with Gasteiger partial charge in [-0.25, -0.2) is 13.1 Å². The third kappa shape index (κ3) is 4.06. The number of thiophene rings is 1. The third-order valence-electron chi connectivity index (χ3n) is 3.23. The number of halogens is 2. The normalized spacial score (nSPS) is 23.9. The minimum absolute atomic E-state index is 0. The van der Waals surface area contributed by atoms with Crippen LogP contribution in [0.1, 0.15) is 18.9 Å². The first-order valence-corrected chi connectivity index (χ1v) is 8.57. The molecule has 2 atom stereocenters. The van der Waals surface area contributed by atoms with Crippen LogP contribution in [0.4, 0.5) is 0 Å². The molecule has 0 aliphatic carbocycles. The standard InChI is InChI=1S/C11H17ClN2O2S2.ClH/c1-7-3-4-13-6-9(7)14-18(15,16)10-5-8(2)11(12)17-10;/h5,7,9,13-14H,3-4,6H2,1-2H3;1H. The lowest BCUT2D eigenvalue weighted by atomic mass is 9.96. The van der Waals surface area contributed by atoms with Crippen molar-refractivity contribution < 1.29 is 8.42 Å². The van der Waals surface area contributed by atoms with Crippen LogP contribution in [0.25, 0.3) is 0 Å². The highest BCUT2D eigenvalue weighted by atomic mass is 35.5. The van der Waals surface area contributed by atoms with Crippen LogP contribution in [-0.2, 0) is 10.0 Å². The molecule has 1 aromatic heterocycles. The van der Waals surface area contributed by atoms with Gasteiger partial charge in [0.25, 0.3) is 0 Å². The maximum absolute atomic E-state index is 12.2. The van der Waals surface area contributed by atoms with Gasteiger partial charge in [0.1, 0.15) is 4.21 Å². The van der Waals surface area contributed by atoms with Crippen LogP contribution < -0.4 is 10.0 Å². The number of rotatable bonds is 3. The summed E-state index contributed by atoms with van der Waals surface area (Å²) in [4.78, 5) is 0. The highest BCUT2D eigenvalue weighted by Crippen LogP contribution is 2.30. The second-order valence-corrected chi connectivity index (χ2v) is 8.32. The highest BCUT2D eigenvalue weighted by molar-refractivity contribution is 7.91. The lowest BCUT2D eigenvalue weighted by molar-refractivity contribution is 0.327. The minimum Gasteiger partial charge on any atom is -0.315 e. The molecule has 1 aliphatic rings. The molecule has 1 fully saturated rings. The lowest BCUT2D eigenvalue weighted by Crippen LogP contribution is -2.49. The number of hydrogen-bond acceptors (Lipinski definition) is 4. The van der Waals surface area contributed by atoms with Gasteiger partial charge < -0.3 is 5.32 Å². The van der Waals surface area contributed by atoms with Crippen molar-refractivity contribution in [1.82, 2.24) is 10.0 Å². The summed E-state index contributed by atoms with van der Waals surface area (Å²) >= 11 is 7.03. The molecule has 4 nitrogen and oxygen atoms in total. The van der Waals surface area contributed by atoms with Gasteiger partial charge >= 0.3 is 0 Å². The molecule has 0 aromatic carbocycles. The number of piperidine rings is 1. The Kier molecular flexibility index (Phi) is 6.10. The topological polar surface area (TPSA) is 58.2 Å². The maximum atomic E-state index is 12.2. The zero-order valence-corrected chi connectivity index (χ0v) is 14.0. The molecule has 2 unspecified atom stereocenters. The van der Waals surface area contributed by atoms with Crippen LogP contribution in [0.3, 0.4) is 0 Å². The van der Waals surface area contributed by atoms with E-state index in [1.54, 1.807) is 6.07 Å². The molecular weight excluding hydrogens is 327 g/mol. The fourth-order valence-corrected chi connectivity index (χ4v) is 5.04. The molecule has 1 aromatic rings. The quantitative estimate of drug-likeness (QED) is 0.885. The summed E-state index contributed by atoms with van der Waals surface area (Å²) in [5.41, 5.74) is 0.803. The molecule has 0 amide bonds. The van der Waals surface area contributed by atoms with Crippen molar-refractivity contribution in [2.24, 2.45) is 5.92 Å². The Morgan fingerprint density at radius 2 is 2.21 bits per heavy atom. The van der Waals surface area contributed by atoms with Gasteiger partial charge in [0.2, 0.25) is 10.0 Å². The molecule has 0 radical (unpaired) electrons. The van der Waals surface area contributed by atoms with E-state index in [9.17, 15) is 8.42 Å². The van der Waals surface area contributed by atoms with E-state index in [0.717, 1.165) is 29.9 Å². The van der Waals surface area contributed by atoms with Gasteiger partial charge in [-0.2, -0.15) is 0 Å². The molecule has 2 rings (SSSR count). The van der Waals surface area contributed by atoms with Crippen molar-refractivity contribution in [2.75, 3.05) is 13.1 Å². The number of nitrogens with one attached hydrogen (secondary N) is 2. The highest BCUT2D eigenvalue weighted by Gasteiger charge is 2.27. The molecule has 110 valence electrons. The Morgan fingerprint density at radius 1 is 1.53 bits per heavy atom. The Bertz CT molecular complexity index is 511. The molecule has 19 heavy (non-hydrogen) atoms. The minimum atomic E-state index is -3.45. The van der Waals surface area contributed by atoms with Gasteiger partial charge in [-0.3, -0.25) is 0 Å². The van der Waals surface area contributed by atoms with E-state index in [2.05, 4.69) is 17.0 Å². The van der Waals surface area contributed by atoms with Gasteiger partial charge in [-0.1, -0.05) is 18.5 Å². The van der Waals surface area contributed by atoms with E-state index in [1.165, 1.54) is 0 Å². The first-order chi connectivity index (χ1) is 8.40. The molecule has 8 heteroatoms. The molecule has 1 aliphatic heterocycles. The van der Waals surface area contributed by atoms with Crippen molar-refractivity contribution in [1.29, 1.82) is 0 Å². The summed E-state index contributed by atoms with van der Waals surface area (Å²) in [5, 5.41) is 3.21. The van der Waals surface area contributed by atoms with Crippen molar-refractivity contribution in [3.8, 4) is 0 Å². The monoisotopic (exact) mass is 344 g/mol. The average Bonchev–Trinajstić information content (AvgIpc) is 2.63. The number of sulfonamides is 1. The SMILES string of the molecule is Cc1cc(S(=O)(=O)NC2CNCCC2C)sc1Cl.Cl. The van der Waals surface area contributed by atoms with Gasteiger partial charge in [0.15, 0.2) is 0 Å². The first kappa shape index (κ1) is 17.2. The molecule has 2 heterocycles. The van der Waals surface area contributed by atoms with E-state index in [1.807, 2.05) is 6.92 Å². The number of aryl methyl sites for hydroxylation is 1. The Labute approximate surface area is 129 Å². The van der Waals surface area contributed by atoms with Crippen LogP contribution in [-0.4, -0.2) is 27.5 Å². The largest absolute Gasteiger partial charge is 0.315 e. The fourth-order valence-electron chi connectivity index (χ4n) is 1.97. The Balaban J connectivity index is 0.00000180. The molecule has 0 spiro atoms. The van der Waals surface area contributed by atoms with E-state index in [0.29, 0.717) is 21.0 Å². The second-order valence-electron chi connectivity index (χ2n) is 4.72. The van der Waals surface area contributed by atoms with Crippen molar-refractivity contribution >= 4 is 45.4 Å². The van der Waals surface area contributed by atoms with Gasteiger partial charge in [0, 0.05) is 12.6 Å². The smallest absolute Gasteiger partial charge is 0.250 e. The predicted molar refractivity (Wildman–Crippen MR) is 82.1 cm³/mol. The maximum Gasteiger partial charge on any atom is 0.250 e. The molecule has 0 bridgehead atoms. The van der Waals surface area contributed by atoms with E-state index in [4.69, 9.17) is 11.6 Å². The first-order valence-electron chi connectivity index (χ1n) is 5.89. The van der Waals surface area contributed by atoms with Crippen molar-refractivity contribution in [3.05, 3.63) is 16.0 Å². The van der Waals surface area contributed by atoms with E-state index < -0.39 is 10.0 Å². The zero-order chi connectivity index (χ0) is 13.3. The van der Waals surface area contributed by atoms with E-state index >= 15 is 0 Å². The molecule has 0 saturated carbocycles.